The summed E-state index contributed by atoms with van der Waals surface area (Å²) in [6, 6.07) is 10.6. The summed E-state index contributed by atoms with van der Waals surface area (Å²) in [5, 5.41) is 1.62. The van der Waals surface area contributed by atoms with Crippen LogP contribution < -0.4 is 0 Å². The van der Waals surface area contributed by atoms with Gasteiger partial charge in [0.25, 0.3) is 0 Å². The summed E-state index contributed by atoms with van der Waals surface area (Å²) < 4.78 is 6.16. The topological polar surface area (TPSA) is 43.4 Å². The van der Waals surface area contributed by atoms with Crippen molar-refractivity contribution in [2.75, 3.05) is 0 Å². The van der Waals surface area contributed by atoms with E-state index in [1.165, 1.54) is 11.3 Å². The molecule has 0 radical (unpaired) electrons. The molecule has 0 spiro atoms. The van der Waals surface area contributed by atoms with Crippen LogP contribution in [0.5, 0.6) is 0 Å². The van der Waals surface area contributed by atoms with E-state index in [2.05, 4.69) is 0 Å². The smallest absolute Gasteiger partial charge is 0.350 e. The molecule has 2 aromatic carbocycles. The first-order valence-electron chi connectivity index (χ1n) is 7.98. The average molecular weight is 407 g/mol. The van der Waals surface area contributed by atoms with Crippen molar-refractivity contribution in [3.63, 3.8) is 0 Å². The molecule has 134 valence electrons. The van der Waals surface area contributed by atoms with Crippen molar-refractivity contribution in [2.45, 2.75) is 26.9 Å². The van der Waals surface area contributed by atoms with E-state index in [4.69, 9.17) is 27.9 Å². The molecular weight excluding hydrogens is 391 g/mol. The number of ether oxygens (including phenoxy) is 1. The second kappa shape index (κ2) is 7.39. The van der Waals surface area contributed by atoms with Crippen molar-refractivity contribution >= 4 is 56.4 Å². The summed E-state index contributed by atoms with van der Waals surface area (Å²) in [7, 11) is 0. The van der Waals surface area contributed by atoms with Gasteiger partial charge in [-0.05, 0) is 50.1 Å². The van der Waals surface area contributed by atoms with Gasteiger partial charge in [0.1, 0.15) is 4.88 Å². The maximum Gasteiger partial charge on any atom is 0.350 e. The molecule has 0 aliphatic carbocycles. The van der Waals surface area contributed by atoms with Crippen molar-refractivity contribution < 1.29 is 14.3 Å². The molecule has 0 bridgehead atoms. The fraction of sp³-hybridized carbons (Fsp3) is 0.200. The lowest BCUT2D eigenvalue weighted by Gasteiger charge is -2.12. The fourth-order valence-corrected chi connectivity index (χ4v) is 4.23. The van der Waals surface area contributed by atoms with Gasteiger partial charge in [0.05, 0.1) is 5.02 Å². The molecule has 0 aliphatic heterocycles. The van der Waals surface area contributed by atoms with Gasteiger partial charge in [-0.15, -0.1) is 11.3 Å². The van der Waals surface area contributed by atoms with E-state index in [0.29, 0.717) is 15.6 Å². The summed E-state index contributed by atoms with van der Waals surface area (Å²) in [6.45, 7) is 5.47. The lowest BCUT2D eigenvalue weighted by molar-refractivity contribution is 0.0324. The van der Waals surface area contributed by atoms with Crippen LogP contribution in [0.25, 0.3) is 10.1 Å². The first-order valence-corrected chi connectivity index (χ1v) is 9.55. The Morgan fingerprint density at radius 2 is 1.77 bits per heavy atom. The van der Waals surface area contributed by atoms with Crippen LogP contribution in [0, 0.1) is 13.8 Å². The fourth-order valence-electron chi connectivity index (χ4n) is 2.57. The quantitative estimate of drug-likeness (QED) is 0.379. The van der Waals surface area contributed by atoms with E-state index in [9.17, 15) is 9.59 Å². The molecule has 26 heavy (non-hydrogen) atoms. The monoisotopic (exact) mass is 406 g/mol. The van der Waals surface area contributed by atoms with Crippen LogP contribution in [-0.4, -0.2) is 17.9 Å². The van der Waals surface area contributed by atoms with Crippen molar-refractivity contribution in [1.82, 2.24) is 0 Å². The lowest BCUT2D eigenvalue weighted by atomic mass is 10.0. The molecule has 0 amide bonds. The highest BCUT2D eigenvalue weighted by Crippen LogP contribution is 2.37. The number of rotatable bonds is 4. The standard InChI is InChI=1S/C20H16Cl2O3S/c1-10-4-5-13(8-11(10)2)18(23)12(3)25-20(24)19-17(22)15-7-6-14(21)9-16(15)26-19/h4-9,12H,1-3H3/t12-/m1/s1. The van der Waals surface area contributed by atoms with Crippen LogP contribution in [0.3, 0.4) is 0 Å². The minimum Gasteiger partial charge on any atom is -0.450 e. The van der Waals surface area contributed by atoms with Crippen LogP contribution in [-0.2, 0) is 4.74 Å². The van der Waals surface area contributed by atoms with Gasteiger partial charge in [-0.2, -0.15) is 0 Å². The van der Waals surface area contributed by atoms with Gasteiger partial charge in [-0.25, -0.2) is 4.79 Å². The largest absolute Gasteiger partial charge is 0.450 e. The predicted octanol–water partition coefficient (Wildman–Crippen LogP) is 6.25. The van der Waals surface area contributed by atoms with Gasteiger partial charge in [0, 0.05) is 20.7 Å². The number of benzene rings is 2. The SMILES string of the molecule is Cc1ccc(C(=O)[C@@H](C)OC(=O)c2sc3cc(Cl)ccc3c2Cl)cc1C. The number of Topliss-reactive ketones (excluding diaryl/α,β-unsaturated/α-hetero) is 1. The third kappa shape index (κ3) is 3.63. The Morgan fingerprint density at radius 3 is 2.46 bits per heavy atom. The highest BCUT2D eigenvalue weighted by Gasteiger charge is 2.24. The van der Waals surface area contributed by atoms with Gasteiger partial charge in [-0.1, -0.05) is 41.4 Å². The Kier molecular flexibility index (Phi) is 5.37. The lowest BCUT2D eigenvalue weighted by Crippen LogP contribution is -2.24. The van der Waals surface area contributed by atoms with Crippen molar-refractivity contribution in [3.05, 3.63) is 68.0 Å². The molecule has 0 aliphatic rings. The van der Waals surface area contributed by atoms with Gasteiger partial charge >= 0.3 is 5.97 Å². The van der Waals surface area contributed by atoms with E-state index >= 15 is 0 Å². The Hall–Kier alpha value is -1.88. The first-order chi connectivity index (χ1) is 12.3. The number of thiophene rings is 1. The molecule has 6 heteroatoms. The average Bonchev–Trinajstić information content (AvgIpc) is 2.92. The van der Waals surface area contributed by atoms with E-state index in [0.717, 1.165) is 21.2 Å². The maximum atomic E-state index is 12.6. The van der Waals surface area contributed by atoms with E-state index in [1.54, 1.807) is 37.3 Å². The number of hydrogen-bond donors (Lipinski definition) is 0. The molecular formula is C20H16Cl2O3S. The van der Waals surface area contributed by atoms with E-state index in [-0.39, 0.29) is 10.7 Å². The Morgan fingerprint density at radius 1 is 1.04 bits per heavy atom. The summed E-state index contributed by atoms with van der Waals surface area (Å²) in [5.41, 5.74) is 2.63. The molecule has 1 heterocycles. The molecule has 0 saturated carbocycles. The Labute approximate surface area is 165 Å². The summed E-state index contributed by atoms with van der Waals surface area (Å²) in [6.07, 6.45) is -0.908. The second-order valence-electron chi connectivity index (χ2n) is 6.10. The normalized spacial score (nSPS) is 12.2. The maximum absolute atomic E-state index is 12.6. The first kappa shape index (κ1) is 18.9. The van der Waals surface area contributed by atoms with Crippen molar-refractivity contribution in [2.24, 2.45) is 0 Å². The van der Waals surface area contributed by atoms with E-state index < -0.39 is 12.1 Å². The number of aryl methyl sites for hydroxylation is 2. The zero-order chi connectivity index (χ0) is 19.0. The van der Waals surface area contributed by atoms with Crippen LogP contribution >= 0.6 is 34.5 Å². The molecule has 3 rings (SSSR count). The van der Waals surface area contributed by atoms with Gasteiger partial charge < -0.3 is 4.74 Å². The number of halogens is 2. The van der Waals surface area contributed by atoms with E-state index in [1.807, 2.05) is 19.9 Å². The van der Waals surface area contributed by atoms with Gasteiger partial charge in [-0.3, -0.25) is 4.79 Å². The summed E-state index contributed by atoms with van der Waals surface area (Å²) in [4.78, 5) is 25.3. The molecule has 0 fully saturated rings. The predicted molar refractivity (Wildman–Crippen MR) is 107 cm³/mol. The zero-order valence-electron chi connectivity index (χ0n) is 14.4. The molecule has 0 unspecified atom stereocenters. The zero-order valence-corrected chi connectivity index (χ0v) is 16.8. The van der Waals surface area contributed by atoms with Crippen molar-refractivity contribution in [1.29, 1.82) is 0 Å². The van der Waals surface area contributed by atoms with Crippen LogP contribution in [0.4, 0.5) is 0 Å². The number of carbonyl (C=O) groups excluding carboxylic acids is 2. The van der Waals surface area contributed by atoms with Crippen LogP contribution in [0.15, 0.2) is 36.4 Å². The highest BCUT2D eigenvalue weighted by molar-refractivity contribution is 7.21. The Bertz CT molecular complexity index is 1020. The second-order valence-corrected chi connectivity index (χ2v) is 7.96. The summed E-state index contributed by atoms with van der Waals surface area (Å²) in [5.74, 6) is -0.862. The molecule has 0 N–H and O–H groups in total. The molecule has 1 atom stereocenters. The van der Waals surface area contributed by atoms with Gasteiger partial charge in [0.2, 0.25) is 5.78 Å². The number of carbonyl (C=O) groups is 2. The van der Waals surface area contributed by atoms with Crippen LogP contribution in [0.2, 0.25) is 10.0 Å². The molecule has 3 aromatic rings. The third-order valence-corrected chi connectivity index (χ3v) is 6.09. The molecule has 0 saturated heterocycles. The third-order valence-electron chi connectivity index (χ3n) is 4.22. The Balaban J connectivity index is 1.81. The summed E-state index contributed by atoms with van der Waals surface area (Å²) >= 11 is 13.5. The molecule has 3 nitrogen and oxygen atoms in total. The number of hydrogen-bond acceptors (Lipinski definition) is 4. The minimum atomic E-state index is -0.908. The number of fused-ring (bicyclic) bond motifs is 1. The van der Waals surface area contributed by atoms with Gasteiger partial charge in [0.15, 0.2) is 6.10 Å². The van der Waals surface area contributed by atoms with Crippen molar-refractivity contribution in [3.8, 4) is 0 Å². The number of esters is 1. The number of ketones is 1. The molecule has 1 aromatic heterocycles. The van der Waals surface area contributed by atoms with Crippen LogP contribution in [0.1, 0.15) is 38.1 Å². The highest BCUT2D eigenvalue weighted by atomic mass is 35.5. The minimum absolute atomic E-state index is 0.248.